The van der Waals surface area contributed by atoms with E-state index >= 15 is 0 Å². The highest BCUT2D eigenvalue weighted by Gasteiger charge is 2.17. The Bertz CT molecular complexity index is 909. The van der Waals surface area contributed by atoms with E-state index in [1.54, 1.807) is 0 Å². The minimum Gasteiger partial charge on any atom is -0.378 e. The lowest BCUT2D eigenvalue weighted by molar-refractivity contribution is -0.115. The van der Waals surface area contributed by atoms with Crippen LogP contribution in [0.2, 0.25) is 0 Å². The summed E-state index contributed by atoms with van der Waals surface area (Å²) in [6.07, 6.45) is 0. The number of hydrogen-bond acceptors (Lipinski definition) is 5. The second kappa shape index (κ2) is 8.58. The Balaban J connectivity index is 1.60. The Morgan fingerprint density at radius 2 is 1.81 bits per heavy atom. The lowest BCUT2D eigenvalue weighted by Gasteiger charge is -2.14. The maximum absolute atomic E-state index is 12.4. The molecule has 27 heavy (non-hydrogen) atoms. The summed E-state index contributed by atoms with van der Waals surface area (Å²) < 4.78 is 1.00. The molecule has 2 aromatic carbocycles. The molecule has 1 atom stereocenters. The number of halogens is 1. The fourth-order valence-electron chi connectivity index (χ4n) is 2.33. The molecule has 0 aliphatic heterocycles. The number of hydrogen-bond donors (Lipinski definition) is 2. The first-order valence-electron chi connectivity index (χ1n) is 8.35. The maximum atomic E-state index is 12.4. The van der Waals surface area contributed by atoms with E-state index in [-0.39, 0.29) is 11.2 Å². The molecule has 1 unspecified atom stereocenters. The third-order valence-corrected chi connectivity index (χ3v) is 5.37. The van der Waals surface area contributed by atoms with Crippen LogP contribution < -0.4 is 10.2 Å². The lowest BCUT2D eigenvalue weighted by atomic mass is 10.2. The van der Waals surface area contributed by atoms with Gasteiger partial charge >= 0.3 is 0 Å². The van der Waals surface area contributed by atoms with Crippen LogP contribution in [0.4, 0.5) is 11.4 Å². The molecule has 1 amide bonds. The first kappa shape index (κ1) is 19.4. The Hall–Kier alpha value is -2.32. The predicted octanol–water partition coefficient (Wildman–Crippen LogP) is 4.42. The molecule has 8 heteroatoms. The third kappa shape index (κ3) is 5.11. The van der Waals surface area contributed by atoms with Gasteiger partial charge in [-0.25, -0.2) is 4.98 Å². The second-order valence-corrected chi connectivity index (χ2v) is 8.39. The van der Waals surface area contributed by atoms with Gasteiger partial charge in [-0.15, -0.1) is 5.10 Å². The summed E-state index contributed by atoms with van der Waals surface area (Å²) in [6, 6.07) is 15.5. The summed E-state index contributed by atoms with van der Waals surface area (Å²) in [6.45, 7) is 1.84. The monoisotopic (exact) mass is 445 g/mol. The van der Waals surface area contributed by atoms with Crippen LogP contribution in [0.15, 0.2) is 58.2 Å². The van der Waals surface area contributed by atoms with Gasteiger partial charge in [0, 0.05) is 35.5 Å². The van der Waals surface area contributed by atoms with Crippen LogP contribution >= 0.6 is 27.7 Å². The van der Waals surface area contributed by atoms with Crippen molar-refractivity contribution in [1.29, 1.82) is 0 Å². The van der Waals surface area contributed by atoms with Gasteiger partial charge in [0.25, 0.3) is 0 Å². The van der Waals surface area contributed by atoms with Gasteiger partial charge in [0.05, 0.1) is 5.25 Å². The number of carbonyl (C=O) groups is 1. The normalized spacial score (nSPS) is 11.9. The van der Waals surface area contributed by atoms with Gasteiger partial charge in [0.2, 0.25) is 11.1 Å². The summed E-state index contributed by atoms with van der Waals surface area (Å²) in [5.74, 6) is 0.587. The first-order valence-corrected chi connectivity index (χ1v) is 10.0. The van der Waals surface area contributed by atoms with Gasteiger partial charge in [-0.1, -0.05) is 39.8 Å². The van der Waals surface area contributed by atoms with Crippen LogP contribution in [0.25, 0.3) is 11.4 Å². The highest BCUT2D eigenvalue weighted by atomic mass is 79.9. The van der Waals surface area contributed by atoms with E-state index in [1.165, 1.54) is 11.8 Å². The zero-order chi connectivity index (χ0) is 19.4. The third-order valence-electron chi connectivity index (χ3n) is 3.89. The highest BCUT2D eigenvalue weighted by Crippen LogP contribution is 2.25. The Labute approximate surface area is 170 Å². The van der Waals surface area contributed by atoms with E-state index < -0.39 is 0 Å². The fraction of sp³-hybridized carbons (Fsp3) is 0.211. The van der Waals surface area contributed by atoms with Crippen molar-refractivity contribution < 1.29 is 4.79 Å². The van der Waals surface area contributed by atoms with Crippen molar-refractivity contribution in [2.45, 2.75) is 17.3 Å². The smallest absolute Gasteiger partial charge is 0.237 e. The number of benzene rings is 2. The minimum atomic E-state index is -0.327. The number of aromatic amines is 1. The molecule has 0 saturated heterocycles. The predicted molar refractivity (Wildman–Crippen MR) is 114 cm³/mol. The number of H-pyrrole nitrogens is 1. The summed E-state index contributed by atoms with van der Waals surface area (Å²) in [7, 11) is 3.96. The summed E-state index contributed by atoms with van der Waals surface area (Å²) in [4.78, 5) is 18.9. The standard InChI is InChI=1S/C19H20BrN5OS/c1-12(18(26)21-15-8-10-16(11-9-15)25(2)3)27-19-22-17(23-24-19)13-4-6-14(20)7-5-13/h4-12H,1-3H3,(H,21,26)(H,22,23,24). The number of amides is 1. The zero-order valence-corrected chi connectivity index (χ0v) is 17.6. The molecule has 0 spiro atoms. The number of nitrogens with one attached hydrogen (secondary N) is 2. The topological polar surface area (TPSA) is 73.9 Å². The second-order valence-electron chi connectivity index (χ2n) is 6.16. The number of anilines is 2. The molecule has 0 bridgehead atoms. The molecule has 1 heterocycles. The van der Waals surface area contributed by atoms with Gasteiger partial charge in [-0.05, 0) is 43.3 Å². The van der Waals surface area contributed by atoms with Crippen molar-refractivity contribution in [3.05, 3.63) is 53.0 Å². The van der Waals surface area contributed by atoms with Crippen LogP contribution in [0.1, 0.15) is 6.92 Å². The van der Waals surface area contributed by atoms with Crippen molar-refractivity contribution in [2.75, 3.05) is 24.3 Å². The number of nitrogens with zero attached hydrogens (tertiary/aromatic N) is 3. The molecule has 0 radical (unpaired) electrons. The molecule has 3 rings (SSSR count). The minimum absolute atomic E-state index is 0.0902. The van der Waals surface area contributed by atoms with Crippen LogP contribution in [-0.4, -0.2) is 40.4 Å². The van der Waals surface area contributed by atoms with Crippen molar-refractivity contribution in [1.82, 2.24) is 15.2 Å². The van der Waals surface area contributed by atoms with E-state index in [2.05, 4.69) is 36.4 Å². The van der Waals surface area contributed by atoms with E-state index in [9.17, 15) is 4.79 Å². The number of thioether (sulfide) groups is 1. The van der Waals surface area contributed by atoms with Crippen molar-refractivity contribution in [2.24, 2.45) is 0 Å². The van der Waals surface area contributed by atoms with Crippen molar-refractivity contribution >= 4 is 45.0 Å². The molecule has 0 saturated carbocycles. The first-order chi connectivity index (χ1) is 12.9. The molecule has 1 aromatic heterocycles. The molecule has 0 aliphatic carbocycles. The van der Waals surface area contributed by atoms with Crippen LogP contribution in [0.5, 0.6) is 0 Å². The summed E-state index contributed by atoms with van der Waals surface area (Å²) >= 11 is 4.73. The van der Waals surface area contributed by atoms with Crippen LogP contribution in [-0.2, 0) is 4.79 Å². The molecule has 0 fully saturated rings. The number of rotatable bonds is 6. The Kier molecular flexibility index (Phi) is 6.18. The molecular weight excluding hydrogens is 426 g/mol. The van der Waals surface area contributed by atoms with Crippen LogP contribution in [0, 0.1) is 0 Å². The zero-order valence-electron chi connectivity index (χ0n) is 15.2. The molecule has 140 valence electrons. The molecule has 6 nitrogen and oxygen atoms in total. The van der Waals surface area contributed by atoms with E-state index in [4.69, 9.17) is 0 Å². The molecular formula is C19H20BrN5OS. The van der Waals surface area contributed by atoms with Crippen molar-refractivity contribution in [3.8, 4) is 11.4 Å². The molecule has 3 aromatic rings. The van der Waals surface area contributed by atoms with Gasteiger partial charge in [0.15, 0.2) is 5.82 Å². The fourth-order valence-corrected chi connectivity index (χ4v) is 3.32. The van der Waals surface area contributed by atoms with Crippen molar-refractivity contribution in [3.63, 3.8) is 0 Å². The van der Waals surface area contributed by atoms with Gasteiger partial charge in [-0.2, -0.15) is 0 Å². The van der Waals surface area contributed by atoms with Gasteiger partial charge < -0.3 is 10.2 Å². The Morgan fingerprint density at radius 3 is 2.44 bits per heavy atom. The maximum Gasteiger partial charge on any atom is 0.237 e. The summed E-state index contributed by atoms with van der Waals surface area (Å²) in [5, 5.41) is 10.3. The molecule has 0 aliphatic rings. The SMILES string of the molecule is CC(Sc1n[nH]c(-c2ccc(Br)cc2)n1)C(=O)Nc1ccc(N(C)C)cc1. The highest BCUT2D eigenvalue weighted by molar-refractivity contribution is 9.10. The Morgan fingerprint density at radius 1 is 1.15 bits per heavy atom. The summed E-state index contributed by atoms with van der Waals surface area (Å²) in [5.41, 5.74) is 2.79. The van der Waals surface area contributed by atoms with Crippen LogP contribution in [0.3, 0.4) is 0 Å². The molecule has 2 N–H and O–H groups in total. The van der Waals surface area contributed by atoms with Gasteiger partial charge in [0.1, 0.15) is 0 Å². The van der Waals surface area contributed by atoms with Gasteiger partial charge in [-0.3, -0.25) is 9.89 Å². The average Bonchev–Trinajstić information content (AvgIpc) is 3.11. The quantitative estimate of drug-likeness (QED) is 0.549. The number of carbonyl (C=O) groups excluding carboxylic acids is 1. The van der Waals surface area contributed by atoms with E-state index in [0.717, 1.165) is 21.4 Å². The van der Waals surface area contributed by atoms with E-state index in [0.29, 0.717) is 11.0 Å². The number of aromatic nitrogens is 3. The largest absolute Gasteiger partial charge is 0.378 e. The van der Waals surface area contributed by atoms with E-state index in [1.807, 2.05) is 74.4 Å². The average molecular weight is 446 g/mol. The lowest BCUT2D eigenvalue weighted by Crippen LogP contribution is -2.22.